The fraction of sp³-hybridized carbons (Fsp3) is 0.333. The summed E-state index contributed by atoms with van der Waals surface area (Å²) in [7, 11) is 0. The molecule has 13 radical (unpaired) electrons. The van der Waals surface area contributed by atoms with E-state index in [9.17, 15) is 0 Å². The van der Waals surface area contributed by atoms with Crippen LogP contribution < -0.4 is 51.4 Å². The Morgan fingerprint density at radius 3 is 0.600 bits per heavy atom. The van der Waals surface area contributed by atoms with Crippen molar-refractivity contribution < 1.29 is 69.9 Å². The van der Waals surface area contributed by atoms with E-state index in [1.54, 1.807) is 0 Å². The van der Waals surface area contributed by atoms with Crippen LogP contribution in [-0.2, 0) is 18.6 Å². The Hall–Kier alpha value is 2.22. The quantitative estimate of drug-likeness (QED) is 0.594. The van der Waals surface area contributed by atoms with Crippen LogP contribution in [0.4, 0.5) is 0 Å². The van der Waals surface area contributed by atoms with E-state index >= 15 is 0 Å². The van der Waals surface area contributed by atoms with E-state index in [2.05, 4.69) is 80.1 Å². The molecule has 2 aliphatic carbocycles. The Balaban J connectivity index is 0. The van der Waals surface area contributed by atoms with Gasteiger partial charge in [-0.3, -0.25) is 0 Å². The van der Waals surface area contributed by atoms with Crippen LogP contribution in [0.3, 0.4) is 0 Å². The molecule has 0 N–H and O–H groups in total. The van der Waals surface area contributed by atoms with Gasteiger partial charge in [-0.1, -0.05) is 41.5 Å². The molecule has 101 valence electrons. The molecule has 0 unspecified atom stereocenters. The molecule has 2 heteroatoms. The van der Waals surface area contributed by atoms with Crippen molar-refractivity contribution in [1.82, 2.24) is 0 Å². The molecule has 20 heavy (non-hydrogen) atoms. The fourth-order valence-electron chi connectivity index (χ4n) is 2.40. The summed E-state index contributed by atoms with van der Waals surface area (Å²) < 4.78 is 0. The third-order valence-corrected chi connectivity index (χ3v) is 2.73. The fourth-order valence-corrected chi connectivity index (χ4v) is 2.40. The van der Waals surface area contributed by atoms with E-state index in [0.29, 0.717) is 0 Å². The Morgan fingerprint density at radius 2 is 0.500 bits per heavy atom. The largest absolute Gasteiger partial charge is 1.00 e. The number of rotatable bonds is 0. The minimum Gasteiger partial charge on any atom is -0.0585 e. The predicted molar refractivity (Wildman–Crippen MR) is 79.3 cm³/mol. The summed E-state index contributed by atoms with van der Waals surface area (Å²) in [6.07, 6.45) is 13.1. The van der Waals surface area contributed by atoms with Crippen LogP contribution in [0.2, 0.25) is 0 Å². The average Bonchev–Trinajstić information content (AvgIpc) is 2.12. The molecule has 2 rings (SSSR count). The minimum absolute atomic E-state index is 0. The van der Waals surface area contributed by atoms with E-state index in [4.69, 9.17) is 0 Å². The van der Waals surface area contributed by atoms with Crippen molar-refractivity contribution in [3.63, 3.8) is 0 Å². The van der Waals surface area contributed by atoms with E-state index in [1.807, 2.05) is 0 Å². The first-order valence-electron chi connectivity index (χ1n) is 6.46. The second-order valence-electron chi connectivity index (χ2n) is 5.33. The van der Waals surface area contributed by atoms with E-state index in [-0.39, 0.29) is 69.9 Å². The summed E-state index contributed by atoms with van der Waals surface area (Å²) in [6, 6.07) is 0. The first-order chi connectivity index (χ1) is 8.36. The van der Waals surface area contributed by atoms with E-state index in [0.717, 1.165) is 0 Å². The minimum atomic E-state index is 0. The molecule has 0 atom stereocenters. The van der Waals surface area contributed by atoms with Gasteiger partial charge >= 0.3 is 51.4 Å². The van der Waals surface area contributed by atoms with Crippen LogP contribution in [-0.4, -0.2) is 0 Å². The van der Waals surface area contributed by atoms with Gasteiger partial charge in [-0.15, -0.1) is 0 Å². The van der Waals surface area contributed by atoms with Crippen molar-refractivity contribution in [2.24, 2.45) is 0 Å². The van der Waals surface area contributed by atoms with E-state index < -0.39 is 0 Å². The van der Waals surface area contributed by atoms with Gasteiger partial charge in [-0.05, 0) is 74.0 Å². The molecule has 0 spiro atoms. The van der Waals surface area contributed by atoms with Crippen molar-refractivity contribution in [2.45, 2.75) is 41.5 Å². The smallest absolute Gasteiger partial charge is 0.0585 e. The summed E-state index contributed by atoms with van der Waals surface area (Å²) in [5.74, 6) is 8.13. The molecule has 2 saturated carbocycles. The van der Waals surface area contributed by atoms with E-state index in [1.165, 1.54) is 35.5 Å². The summed E-state index contributed by atoms with van der Waals surface area (Å²) in [5, 5.41) is 0. The van der Waals surface area contributed by atoms with Crippen molar-refractivity contribution >= 4 is 0 Å². The van der Waals surface area contributed by atoms with Crippen LogP contribution in [0, 0.1) is 74.0 Å². The first-order valence-corrected chi connectivity index (χ1v) is 6.46. The normalized spacial score (nSPS) is 24.3. The first kappa shape index (κ1) is 24.5. The third kappa shape index (κ3) is 10.9. The Labute approximate surface area is 183 Å². The molecule has 0 bridgehead atoms. The Kier molecular flexibility index (Phi) is 15.4. The second-order valence-corrected chi connectivity index (χ2v) is 5.33. The van der Waals surface area contributed by atoms with Gasteiger partial charge in [0.1, 0.15) is 0 Å². The molecular weight excluding hydrogens is 306 g/mol. The molecule has 0 aliphatic heterocycles. The SMILES string of the molecule is C[C]1[CH][C](C)[CH][C](C)[CH]1.C[C]1[CH][C](C)[CH][C](C)[CH]1.[K+].[V]. The third-order valence-electron chi connectivity index (χ3n) is 2.73. The summed E-state index contributed by atoms with van der Waals surface area (Å²) in [4.78, 5) is 0. The van der Waals surface area contributed by atoms with Crippen molar-refractivity contribution in [2.75, 3.05) is 0 Å². The molecule has 0 aromatic carbocycles. The summed E-state index contributed by atoms with van der Waals surface area (Å²) in [6.45, 7) is 12.8. The van der Waals surface area contributed by atoms with Crippen LogP contribution >= 0.6 is 0 Å². The standard InChI is InChI=1S/2C9H12.K.V/c2*1-7-4-8(2)6-9(3)5-7;;/h2*4-6H,1-3H3;;/q;;+1;. The predicted octanol–water partition coefficient (Wildman–Crippen LogP) is 1.79. The number of hydrogen-bond donors (Lipinski definition) is 0. The maximum atomic E-state index is 2.19. The maximum absolute atomic E-state index is 2.19. The van der Waals surface area contributed by atoms with Gasteiger partial charge in [-0.2, -0.15) is 0 Å². The van der Waals surface area contributed by atoms with Crippen LogP contribution in [0.25, 0.3) is 0 Å². The molecule has 0 aromatic heterocycles. The van der Waals surface area contributed by atoms with Gasteiger partial charge < -0.3 is 0 Å². The summed E-state index contributed by atoms with van der Waals surface area (Å²) >= 11 is 0. The zero-order chi connectivity index (χ0) is 13.7. The monoisotopic (exact) mass is 330 g/mol. The zero-order valence-corrected chi connectivity index (χ0v) is 18.4. The van der Waals surface area contributed by atoms with Crippen molar-refractivity contribution in [3.05, 3.63) is 74.0 Å². The molecular formula is C18H24KV+. The second kappa shape index (κ2) is 12.6. The number of hydrogen-bond acceptors (Lipinski definition) is 0. The van der Waals surface area contributed by atoms with Gasteiger partial charge in [0.2, 0.25) is 0 Å². The molecule has 0 amide bonds. The van der Waals surface area contributed by atoms with Crippen molar-refractivity contribution in [1.29, 1.82) is 0 Å². The maximum Gasteiger partial charge on any atom is 1.00 e. The molecule has 0 nitrogen and oxygen atoms in total. The summed E-state index contributed by atoms with van der Waals surface area (Å²) in [5.41, 5.74) is 0. The molecule has 2 fully saturated rings. The molecule has 0 heterocycles. The van der Waals surface area contributed by atoms with Crippen LogP contribution in [0.1, 0.15) is 41.5 Å². The molecule has 0 saturated heterocycles. The van der Waals surface area contributed by atoms with Gasteiger partial charge in [0.15, 0.2) is 0 Å². The zero-order valence-electron chi connectivity index (χ0n) is 13.9. The molecule has 2 aliphatic rings. The Morgan fingerprint density at radius 1 is 0.400 bits per heavy atom. The van der Waals surface area contributed by atoms with Crippen LogP contribution in [0.5, 0.6) is 0 Å². The topological polar surface area (TPSA) is 0 Å². The van der Waals surface area contributed by atoms with Gasteiger partial charge in [0, 0.05) is 18.6 Å². The van der Waals surface area contributed by atoms with Crippen LogP contribution in [0.15, 0.2) is 0 Å². The van der Waals surface area contributed by atoms with Gasteiger partial charge in [-0.25, -0.2) is 0 Å². The molecule has 0 aromatic rings. The average molecular weight is 330 g/mol. The van der Waals surface area contributed by atoms with Gasteiger partial charge in [0.05, 0.1) is 0 Å². The van der Waals surface area contributed by atoms with Gasteiger partial charge in [0.25, 0.3) is 0 Å². The van der Waals surface area contributed by atoms with Crippen molar-refractivity contribution in [3.8, 4) is 0 Å². The Bertz CT molecular complexity index is 157.